The molecule has 0 spiro atoms. The Labute approximate surface area is 102 Å². The Morgan fingerprint density at radius 2 is 2.38 bits per heavy atom. The highest BCUT2D eigenvalue weighted by Crippen LogP contribution is 2.32. The lowest BCUT2D eigenvalue weighted by molar-refractivity contribution is 0.135. The van der Waals surface area contributed by atoms with Gasteiger partial charge in [-0.25, -0.2) is 4.98 Å². The van der Waals surface area contributed by atoms with E-state index in [1.54, 1.807) is 11.3 Å². The van der Waals surface area contributed by atoms with Gasteiger partial charge in [-0.05, 0) is 40.3 Å². The van der Waals surface area contributed by atoms with Crippen LogP contribution in [0, 0.1) is 0 Å². The number of aromatic nitrogens is 1. The van der Waals surface area contributed by atoms with Crippen molar-refractivity contribution in [2.45, 2.75) is 38.3 Å². The summed E-state index contributed by atoms with van der Waals surface area (Å²) in [6, 6.07) is 0.496. The van der Waals surface area contributed by atoms with E-state index in [2.05, 4.69) is 41.5 Å². The number of thiazole rings is 1. The van der Waals surface area contributed by atoms with Gasteiger partial charge < -0.3 is 10.2 Å². The molecule has 0 aliphatic carbocycles. The van der Waals surface area contributed by atoms with E-state index in [1.807, 2.05) is 6.20 Å². The molecule has 2 heterocycles. The lowest BCUT2D eigenvalue weighted by Crippen LogP contribution is -2.55. The van der Waals surface area contributed by atoms with Crippen molar-refractivity contribution in [2.24, 2.45) is 0 Å². The number of hydrogen-bond donors (Lipinski definition) is 1. The molecule has 0 saturated carbocycles. The van der Waals surface area contributed by atoms with Gasteiger partial charge in [-0.1, -0.05) is 0 Å². The minimum Gasteiger partial charge on any atom is -0.304 e. The van der Waals surface area contributed by atoms with Gasteiger partial charge in [0.25, 0.3) is 0 Å². The highest BCUT2D eigenvalue weighted by Gasteiger charge is 2.38. The first-order valence-corrected chi connectivity index (χ1v) is 6.86. The second-order valence-corrected chi connectivity index (χ2v) is 5.95. The van der Waals surface area contributed by atoms with Crippen LogP contribution in [-0.2, 0) is 5.54 Å². The number of rotatable bonds is 3. The van der Waals surface area contributed by atoms with Gasteiger partial charge in [-0.3, -0.25) is 0 Å². The topological polar surface area (TPSA) is 28.2 Å². The lowest BCUT2D eigenvalue weighted by atomic mass is 9.89. The van der Waals surface area contributed by atoms with Crippen molar-refractivity contribution in [3.05, 3.63) is 16.6 Å². The summed E-state index contributed by atoms with van der Waals surface area (Å²) in [6.45, 7) is 6.69. The summed E-state index contributed by atoms with van der Waals surface area (Å²) in [4.78, 5) is 6.93. The van der Waals surface area contributed by atoms with Crippen molar-refractivity contribution in [3.63, 3.8) is 0 Å². The van der Waals surface area contributed by atoms with Gasteiger partial charge in [-0.2, -0.15) is 0 Å². The van der Waals surface area contributed by atoms with Crippen LogP contribution in [0.25, 0.3) is 0 Å². The van der Waals surface area contributed by atoms with Crippen molar-refractivity contribution in [1.29, 1.82) is 0 Å². The van der Waals surface area contributed by atoms with E-state index in [4.69, 9.17) is 0 Å². The Balaban J connectivity index is 2.25. The molecule has 1 aromatic rings. The van der Waals surface area contributed by atoms with Gasteiger partial charge >= 0.3 is 0 Å². The molecule has 2 rings (SSSR count). The van der Waals surface area contributed by atoms with Gasteiger partial charge in [0.15, 0.2) is 0 Å². The average Bonchev–Trinajstić information content (AvgIpc) is 2.69. The number of nitrogens with zero attached hydrogens (tertiary/aromatic N) is 2. The maximum atomic E-state index is 4.53. The second kappa shape index (κ2) is 4.82. The molecule has 1 atom stereocenters. The number of piperidine rings is 1. The molecule has 1 N–H and O–H groups in total. The van der Waals surface area contributed by atoms with E-state index in [0.717, 1.165) is 6.54 Å². The molecule has 0 radical (unpaired) electrons. The quantitative estimate of drug-likeness (QED) is 0.875. The zero-order valence-corrected chi connectivity index (χ0v) is 11.2. The molecular formula is C12H21N3S. The Kier molecular flexibility index (Phi) is 3.62. The van der Waals surface area contributed by atoms with Gasteiger partial charge in [0.1, 0.15) is 5.01 Å². The summed E-state index contributed by atoms with van der Waals surface area (Å²) in [6.07, 6.45) is 4.36. The standard InChI is InChI=1S/C12H21N3S/c1-10(2)14-12(11-13-6-8-16-11)5-4-7-15(3)9-12/h6,8,10,14H,4-5,7,9H2,1-3H3. The first kappa shape index (κ1) is 12.0. The van der Waals surface area contributed by atoms with E-state index in [0.29, 0.717) is 6.04 Å². The van der Waals surface area contributed by atoms with Gasteiger partial charge in [0.2, 0.25) is 0 Å². The van der Waals surface area contributed by atoms with Crippen LogP contribution in [0.5, 0.6) is 0 Å². The Morgan fingerprint density at radius 1 is 1.56 bits per heavy atom. The fourth-order valence-corrected chi connectivity index (χ4v) is 3.46. The van der Waals surface area contributed by atoms with Crippen molar-refractivity contribution >= 4 is 11.3 Å². The zero-order chi connectivity index (χ0) is 11.6. The van der Waals surface area contributed by atoms with Crippen LogP contribution in [-0.4, -0.2) is 36.1 Å². The largest absolute Gasteiger partial charge is 0.304 e. The smallest absolute Gasteiger partial charge is 0.114 e. The van der Waals surface area contributed by atoms with E-state index in [9.17, 15) is 0 Å². The predicted octanol–water partition coefficient (Wildman–Crippen LogP) is 2.06. The molecule has 16 heavy (non-hydrogen) atoms. The molecule has 1 aliphatic heterocycles. The number of nitrogens with one attached hydrogen (secondary N) is 1. The van der Waals surface area contributed by atoms with Crippen LogP contribution >= 0.6 is 11.3 Å². The molecule has 90 valence electrons. The molecule has 0 aromatic carbocycles. The Hall–Kier alpha value is -0.450. The van der Waals surface area contributed by atoms with E-state index in [-0.39, 0.29) is 5.54 Å². The SMILES string of the molecule is CC(C)NC1(c2nccs2)CCCN(C)C1. The second-order valence-electron chi connectivity index (χ2n) is 5.06. The van der Waals surface area contributed by atoms with Crippen molar-refractivity contribution < 1.29 is 0 Å². The fraction of sp³-hybridized carbons (Fsp3) is 0.750. The normalized spacial score (nSPS) is 27.5. The summed E-state index contributed by atoms with van der Waals surface area (Å²) in [5.74, 6) is 0. The molecule has 0 bridgehead atoms. The summed E-state index contributed by atoms with van der Waals surface area (Å²) in [5, 5.41) is 7.05. The average molecular weight is 239 g/mol. The maximum Gasteiger partial charge on any atom is 0.114 e. The summed E-state index contributed by atoms with van der Waals surface area (Å²) < 4.78 is 0. The van der Waals surface area contributed by atoms with E-state index < -0.39 is 0 Å². The van der Waals surface area contributed by atoms with Crippen LogP contribution in [0.4, 0.5) is 0 Å². The highest BCUT2D eigenvalue weighted by molar-refractivity contribution is 7.09. The molecule has 4 heteroatoms. The van der Waals surface area contributed by atoms with Crippen LogP contribution in [0.15, 0.2) is 11.6 Å². The Morgan fingerprint density at radius 3 is 2.94 bits per heavy atom. The molecule has 1 fully saturated rings. The van der Waals surface area contributed by atoms with E-state index in [1.165, 1.54) is 24.4 Å². The molecule has 3 nitrogen and oxygen atoms in total. The third-order valence-electron chi connectivity index (χ3n) is 3.09. The summed E-state index contributed by atoms with van der Waals surface area (Å²) in [5.41, 5.74) is 0.0787. The van der Waals surface area contributed by atoms with Crippen molar-refractivity contribution in [1.82, 2.24) is 15.2 Å². The molecular weight excluding hydrogens is 218 g/mol. The highest BCUT2D eigenvalue weighted by atomic mass is 32.1. The molecule has 0 amide bonds. The van der Waals surface area contributed by atoms with Gasteiger partial charge in [0, 0.05) is 24.2 Å². The summed E-state index contributed by atoms with van der Waals surface area (Å²) in [7, 11) is 2.20. The fourth-order valence-electron chi connectivity index (χ4n) is 2.64. The van der Waals surface area contributed by atoms with Crippen LogP contribution in [0.1, 0.15) is 31.7 Å². The number of likely N-dealkylation sites (tertiary alicyclic amines) is 1. The van der Waals surface area contributed by atoms with E-state index >= 15 is 0 Å². The molecule has 1 unspecified atom stereocenters. The third kappa shape index (κ3) is 2.44. The van der Waals surface area contributed by atoms with Gasteiger partial charge in [-0.15, -0.1) is 11.3 Å². The van der Waals surface area contributed by atoms with Crippen LogP contribution < -0.4 is 5.32 Å². The lowest BCUT2D eigenvalue weighted by Gasteiger charge is -2.42. The molecule has 1 aliphatic rings. The predicted molar refractivity (Wildman–Crippen MR) is 68.8 cm³/mol. The van der Waals surface area contributed by atoms with Crippen molar-refractivity contribution in [2.75, 3.05) is 20.1 Å². The zero-order valence-electron chi connectivity index (χ0n) is 10.4. The number of likely N-dealkylation sites (N-methyl/N-ethyl adjacent to an activating group) is 1. The van der Waals surface area contributed by atoms with Crippen molar-refractivity contribution in [3.8, 4) is 0 Å². The molecule has 1 aromatic heterocycles. The minimum atomic E-state index is 0.0787. The first-order chi connectivity index (χ1) is 7.62. The van der Waals surface area contributed by atoms with Crippen LogP contribution in [0.3, 0.4) is 0 Å². The molecule has 1 saturated heterocycles. The third-order valence-corrected chi connectivity index (χ3v) is 4.07. The van der Waals surface area contributed by atoms with Gasteiger partial charge in [0.05, 0.1) is 5.54 Å². The van der Waals surface area contributed by atoms with Crippen LogP contribution in [0.2, 0.25) is 0 Å². The minimum absolute atomic E-state index is 0.0787. The summed E-state index contributed by atoms with van der Waals surface area (Å²) >= 11 is 1.77. The maximum absolute atomic E-state index is 4.53. The first-order valence-electron chi connectivity index (χ1n) is 5.99. The number of hydrogen-bond acceptors (Lipinski definition) is 4. The monoisotopic (exact) mass is 239 g/mol. The Bertz CT molecular complexity index is 319.